The van der Waals surface area contributed by atoms with Crippen molar-refractivity contribution in [3.8, 4) is 5.75 Å². The van der Waals surface area contributed by atoms with Gasteiger partial charge in [0.05, 0.1) is 13.2 Å². The number of aryl methyl sites for hydroxylation is 1. The monoisotopic (exact) mass is 257 g/mol. The van der Waals surface area contributed by atoms with Gasteiger partial charge in [0.1, 0.15) is 5.75 Å². The van der Waals surface area contributed by atoms with Gasteiger partial charge in [-0.25, -0.2) is 0 Å². The highest BCUT2D eigenvalue weighted by atomic mass is 16.5. The number of hydrogen-bond acceptors (Lipinski definition) is 4. The number of nitrogens with zero attached hydrogens (tertiary/aromatic N) is 1. The number of rotatable bonds is 5. The van der Waals surface area contributed by atoms with Crippen LogP contribution in [0, 0.1) is 6.92 Å². The molecule has 0 saturated carbocycles. The van der Waals surface area contributed by atoms with Gasteiger partial charge >= 0.3 is 0 Å². The second-order valence-electron chi connectivity index (χ2n) is 4.39. The van der Waals surface area contributed by atoms with Gasteiger partial charge in [0.2, 0.25) is 0 Å². The Morgan fingerprint density at radius 3 is 2.47 bits per heavy atom. The number of nitrogens with two attached hydrogens (primary N) is 1. The molecule has 0 radical (unpaired) electrons. The fraction of sp³-hybridized carbons (Fsp3) is 0.267. The first-order valence-electron chi connectivity index (χ1n) is 6.26. The van der Waals surface area contributed by atoms with Crippen molar-refractivity contribution in [2.75, 3.05) is 19.0 Å². The lowest BCUT2D eigenvalue weighted by atomic mass is 10.1. The van der Waals surface area contributed by atoms with E-state index in [1.54, 1.807) is 7.11 Å². The number of anilines is 1. The normalized spacial score (nSPS) is 11.9. The van der Waals surface area contributed by atoms with Crippen molar-refractivity contribution in [3.63, 3.8) is 0 Å². The molecule has 0 saturated heterocycles. The van der Waals surface area contributed by atoms with Crippen LogP contribution in [0.5, 0.6) is 5.75 Å². The first kappa shape index (κ1) is 13.4. The molecule has 0 spiro atoms. The first-order valence-corrected chi connectivity index (χ1v) is 6.26. The third-order valence-electron chi connectivity index (χ3n) is 3.00. The van der Waals surface area contributed by atoms with E-state index in [2.05, 4.69) is 16.4 Å². The summed E-state index contributed by atoms with van der Waals surface area (Å²) in [7, 11) is 1.66. The van der Waals surface area contributed by atoms with Crippen LogP contribution in [0.3, 0.4) is 0 Å². The maximum absolute atomic E-state index is 5.83. The summed E-state index contributed by atoms with van der Waals surface area (Å²) in [5.41, 5.74) is 8.93. The number of pyridine rings is 1. The molecule has 1 unspecified atom stereocenters. The van der Waals surface area contributed by atoms with Gasteiger partial charge in [-0.1, -0.05) is 6.07 Å². The van der Waals surface area contributed by atoms with Gasteiger partial charge in [-0.05, 0) is 42.8 Å². The molecule has 4 nitrogen and oxygen atoms in total. The molecule has 0 bridgehead atoms. The Hall–Kier alpha value is -2.07. The number of aromatic nitrogens is 1. The van der Waals surface area contributed by atoms with Gasteiger partial charge < -0.3 is 15.8 Å². The van der Waals surface area contributed by atoms with Gasteiger partial charge in [0, 0.05) is 24.1 Å². The minimum Gasteiger partial charge on any atom is -0.497 e. The van der Waals surface area contributed by atoms with Crippen molar-refractivity contribution in [2.24, 2.45) is 5.73 Å². The summed E-state index contributed by atoms with van der Waals surface area (Å²) in [5.74, 6) is 0.840. The smallest absolute Gasteiger partial charge is 0.119 e. The molecular weight excluding hydrogens is 238 g/mol. The Labute approximate surface area is 113 Å². The zero-order chi connectivity index (χ0) is 13.7. The molecule has 1 atom stereocenters. The van der Waals surface area contributed by atoms with E-state index < -0.39 is 0 Å². The van der Waals surface area contributed by atoms with Gasteiger partial charge in [-0.15, -0.1) is 0 Å². The maximum atomic E-state index is 5.83. The van der Waals surface area contributed by atoms with Crippen LogP contribution in [0.1, 0.15) is 17.3 Å². The molecule has 19 heavy (non-hydrogen) atoms. The predicted molar refractivity (Wildman–Crippen MR) is 77.4 cm³/mol. The number of methoxy groups -OCH3 is 1. The lowest BCUT2D eigenvalue weighted by molar-refractivity contribution is 0.415. The fourth-order valence-electron chi connectivity index (χ4n) is 1.85. The van der Waals surface area contributed by atoms with Crippen LogP contribution in [-0.2, 0) is 0 Å². The van der Waals surface area contributed by atoms with Gasteiger partial charge in [0.25, 0.3) is 0 Å². The summed E-state index contributed by atoms with van der Waals surface area (Å²) >= 11 is 0. The van der Waals surface area contributed by atoms with Crippen LogP contribution in [-0.4, -0.2) is 18.6 Å². The van der Waals surface area contributed by atoms with Crippen molar-refractivity contribution >= 4 is 5.69 Å². The SMILES string of the molecule is COc1ccc(NC(CN)c2ccc(C)nc2)cc1. The summed E-state index contributed by atoms with van der Waals surface area (Å²) in [4.78, 5) is 4.30. The van der Waals surface area contributed by atoms with Crippen molar-refractivity contribution in [1.82, 2.24) is 4.98 Å². The molecule has 0 aliphatic carbocycles. The van der Waals surface area contributed by atoms with E-state index in [0.717, 1.165) is 22.7 Å². The summed E-state index contributed by atoms with van der Waals surface area (Å²) in [5, 5.41) is 3.40. The molecule has 3 N–H and O–H groups in total. The van der Waals surface area contributed by atoms with Gasteiger partial charge in [0.15, 0.2) is 0 Å². The first-order chi connectivity index (χ1) is 9.22. The van der Waals surface area contributed by atoms with E-state index in [0.29, 0.717) is 6.54 Å². The maximum Gasteiger partial charge on any atom is 0.119 e. The molecule has 100 valence electrons. The van der Waals surface area contributed by atoms with E-state index in [1.807, 2.05) is 43.5 Å². The number of hydrogen-bond donors (Lipinski definition) is 2. The Balaban J connectivity index is 2.11. The molecule has 1 heterocycles. The molecule has 2 aromatic rings. The van der Waals surface area contributed by atoms with Crippen LogP contribution in [0.25, 0.3) is 0 Å². The Morgan fingerprint density at radius 1 is 1.21 bits per heavy atom. The van der Waals surface area contributed by atoms with Crippen molar-refractivity contribution < 1.29 is 4.74 Å². The Bertz CT molecular complexity index is 508. The van der Waals surface area contributed by atoms with Crippen molar-refractivity contribution in [1.29, 1.82) is 0 Å². The number of nitrogens with one attached hydrogen (secondary N) is 1. The molecule has 2 rings (SSSR count). The lowest BCUT2D eigenvalue weighted by Gasteiger charge is -2.18. The minimum absolute atomic E-state index is 0.0569. The third-order valence-corrected chi connectivity index (χ3v) is 3.00. The van der Waals surface area contributed by atoms with Crippen molar-refractivity contribution in [3.05, 3.63) is 53.9 Å². The molecule has 0 fully saturated rings. The van der Waals surface area contributed by atoms with Gasteiger partial charge in [-0.2, -0.15) is 0 Å². The van der Waals surface area contributed by atoms with Gasteiger partial charge in [-0.3, -0.25) is 4.98 Å². The largest absolute Gasteiger partial charge is 0.497 e. The lowest BCUT2D eigenvalue weighted by Crippen LogP contribution is -2.20. The highest BCUT2D eigenvalue weighted by Crippen LogP contribution is 2.20. The second-order valence-corrected chi connectivity index (χ2v) is 4.39. The highest BCUT2D eigenvalue weighted by molar-refractivity contribution is 5.48. The van der Waals surface area contributed by atoms with E-state index in [1.165, 1.54) is 0 Å². The predicted octanol–water partition coefficient (Wildman–Crippen LogP) is 2.51. The fourth-order valence-corrected chi connectivity index (χ4v) is 1.85. The van der Waals surface area contributed by atoms with E-state index in [-0.39, 0.29) is 6.04 Å². The standard InChI is InChI=1S/C15H19N3O/c1-11-3-4-12(10-17-11)15(9-16)18-13-5-7-14(19-2)8-6-13/h3-8,10,15,18H,9,16H2,1-2H3. The average molecular weight is 257 g/mol. The average Bonchev–Trinajstić information content (AvgIpc) is 2.46. The Kier molecular flexibility index (Phi) is 4.36. The topological polar surface area (TPSA) is 60.2 Å². The molecule has 0 aliphatic rings. The van der Waals surface area contributed by atoms with E-state index >= 15 is 0 Å². The molecule has 4 heteroatoms. The molecule has 0 aliphatic heterocycles. The summed E-state index contributed by atoms with van der Waals surface area (Å²) < 4.78 is 5.14. The quantitative estimate of drug-likeness (QED) is 0.864. The summed E-state index contributed by atoms with van der Waals surface area (Å²) in [6.45, 7) is 2.48. The number of ether oxygens (including phenoxy) is 1. The summed E-state index contributed by atoms with van der Waals surface area (Å²) in [6, 6.07) is 11.9. The zero-order valence-corrected chi connectivity index (χ0v) is 11.3. The van der Waals surface area contributed by atoms with E-state index in [9.17, 15) is 0 Å². The van der Waals surface area contributed by atoms with Crippen LogP contribution in [0.4, 0.5) is 5.69 Å². The van der Waals surface area contributed by atoms with Crippen LogP contribution < -0.4 is 15.8 Å². The van der Waals surface area contributed by atoms with Crippen LogP contribution in [0.15, 0.2) is 42.6 Å². The van der Waals surface area contributed by atoms with Crippen molar-refractivity contribution in [2.45, 2.75) is 13.0 Å². The second kappa shape index (κ2) is 6.20. The van der Waals surface area contributed by atoms with E-state index in [4.69, 9.17) is 10.5 Å². The third kappa shape index (κ3) is 3.45. The molecule has 0 amide bonds. The molecule has 1 aromatic carbocycles. The minimum atomic E-state index is 0.0569. The molecule has 1 aromatic heterocycles. The van der Waals surface area contributed by atoms with Crippen LogP contribution >= 0.6 is 0 Å². The van der Waals surface area contributed by atoms with Crippen LogP contribution in [0.2, 0.25) is 0 Å². The Morgan fingerprint density at radius 2 is 1.95 bits per heavy atom. The number of benzene rings is 1. The zero-order valence-electron chi connectivity index (χ0n) is 11.3. The molecular formula is C15H19N3O. The highest BCUT2D eigenvalue weighted by Gasteiger charge is 2.09. The summed E-state index contributed by atoms with van der Waals surface area (Å²) in [6.07, 6.45) is 1.86.